The predicted molar refractivity (Wildman–Crippen MR) is 48.9 cm³/mol. The van der Waals surface area contributed by atoms with E-state index in [-0.39, 0.29) is 4.87 Å². The molecular weight excluding hydrogens is 156 g/mol. The average Bonchev–Trinajstić information content (AvgIpc) is 2.18. The van der Waals surface area contributed by atoms with Gasteiger partial charge in [-0.3, -0.25) is 0 Å². The number of rotatable bonds is 0. The molecule has 1 heteroatoms. The normalized spacial score (nSPS) is 53.5. The fourth-order valence-electron chi connectivity index (χ4n) is 3.01. The predicted octanol–water partition coefficient (Wildman–Crippen LogP) is 3.44. The second-order valence-electron chi connectivity index (χ2n) is 5.30. The van der Waals surface area contributed by atoms with Crippen molar-refractivity contribution in [3.05, 3.63) is 0 Å². The first-order valence-electron chi connectivity index (χ1n) is 4.61. The van der Waals surface area contributed by atoms with Crippen LogP contribution in [0.1, 0.15) is 40.0 Å². The molecule has 0 spiro atoms. The SMILES string of the molecule is CC1(C)C[C@@H]2C[C@H]1C[C@@]2(C)Cl. The van der Waals surface area contributed by atoms with E-state index in [1.165, 1.54) is 19.3 Å². The lowest BCUT2D eigenvalue weighted by molar-refractivity contribution is 0.192. The minimum atomic E-state index is 0.139. The molecule has 0 aromatic rings. The summed E-state index contributed by atoms with van der Waals surface area (Å²) in [7, 11) is 0. The van der Waals surface area contributed by atoms with Crippen LogP contribution in [0.2, 0.25) is 0 Å². The van der Waals surface area contributed by atoms with Crippen molar-refractivity contribution in [2.24, 2.45) is 17.3 Å². The van der Waals surface area contributed by atoms with Gasteiger partial charge >= 0.3 is 0 Å². The summed E-state index contributed by atoms with van der Waals surface area (Å²) in [6.45, 7) is 7.00. The molecular formula is C10H17Cl. The highest BCUT2D eigenvalue weighted by Gasteiger charge is 2.54. The lowest BCUT2D eigenvalue weighted by atomic mass is 9.73. The molecule has 0 nitrogen and oxygen atoms in total. The van der Waals surface area contributed by atoms with Crippen LogP contribution in [0.15, 0.2) is 0 Å². The van der Waals surface area contributed by atoms with E-state index >= 15 is 0 Å². The fourth-order valence-corrected chi connectivity index (χ4v) is 3.37. The quantitative estimate of drug-likeness (QED) is 0.491. The third-order valence-electron chi connectivity index (χ3n) is 3.94. The molecule has 0 N–H and O–H groups in total. The van der Waals surface area contributed by atoms with Crippen molar-refractivity contribution >= 4 is 11.6 Å². The van der Waals surface area contributed by atoms with E-state index in [2.05, 4.69) is 20.8 Å². The van der Waals surface area contributed by atoms with E-state index in [4.69, 9.17) is 11.6 Å². The molecule has 0 radical (unpaired) electrons. The highest BCUT2D eigenvalue weighted by Crippen LogP contribution is 2.61. The zero-order valence-corrected chi connectivity index (χ0v) is 8.41. The van der Waals surface area contributed by atoms with Gasteiger partial charge in [0.2, 0.25) is 0 Å². The maximum atomic E-state index is 6.39. The summed E-state index contributed by atoms with van der Waals surface area (Å²) in [6, 6.07) is 0. The zero-order chi connectivity index (χ0) is 8.28. The molecule has 11 heavy (non-hydrogen) atoms. The molecule has 0 aliphatic heterocycles. The molecule has 0 saturated heterocycles. The van der Waals surface area contributed by atoms with E-state index in [9.17, 15) is 0 Å². The Morgan fingerprint density at radius 3 is 2.00 bits per heavy atom. The molecule has 0 heterocycles. The van der Waals surface area contributed by atoms with Crippen LogP contribution in [-0.4, -0.2) is 4.87 Å². The zero-order valence-electron chi connectivity index (χ0n) is 7.65. The largest absolute Gasteiger partial charge is 0.119 e. The standard InChI is InChI=1S/C10H17Cl/c1-9(2)5-8-4-7(9)6-10(8,3)11/h7-8H,4-6H2,1-3H3/t7-,8-,10+/m0/s1. The smallest absolute Gasteiger partial charge is 0.0450 e. The lowest BCUT2D eigenvalue weighted by Gasteiger charge is -2.36. The topological polar surface area (TPSA) is 0 Å². The summed E-state index contributed by atoms with van der Waals surface area (Å²) in [5.41, 5.74) is 0.582. The summed E-state index contributed by atoms with van der Waals surface area (Å²) in [4.78, 5) is 0.139. The Labute approximate surface area is 74.3 Å². The second kappa shape index (κ2) is 1.96. The van der Waals surface area contributed by atoms with Crippen LogP contribution >= 0.6 is 11.6 Å². The third kappa shape index (κ3) is 1.02. The molecule has 2 fully saturated rings. The van der Waals surface area contributed by atoms with E-state index < -0.39 is 0 Å². The van der Waals surface area contributed by atoms with Crippen molar-refractivity contribution in [1.82, 2.24) is 0 Å². The molecule has 0 unspecified atom stereocenters. The van der Waals surface area contributed by atoms with Gasteiger partial charge in [0, 0.05) is 4.87 Å². The molecule has 2 saturated carbocycles. The highest BCUT2D eigenvalue weighted by atomic mass is 35.5. The van der Waals surface area contributed by atoms with Gasteiger partial charge in [-0.15, -0.1) is 11.6 Å². The van der Waals surface area contributed by atoms with E-state index in [0.717, 1.165) is 11.8 Å². The first-order valence-corrected chi connectivity index (χ1v) is 4.98. The van der Waals surface area contributed by atoms with Crippen LogP contribution in [0, 0.1) is 17.3 Å². The van der Waals surface area contributed by atoms with Gasteiger partial charge in [-0.05, 0) is 43.4 Å². The molecule has 2 rings (SSSR count). The van der Waals surface area contributed by atoms with Crippen molar-refractivity contribution in [2.45, 2.75) is 44.9 Å². The van der Waals surface area contributed by atoms with Gasteiger partial charge in [-0.25, -0.2) is 0 Å². The first-order chi connectivity index (χ1) is 4.92. The van der Waals surface area contributed by atoms with Crippen molar-refractivity contribution in [3.63, 3.8) is 0 Å². The summed E-state index contributed by atoms with van der Waals surface area (Å²) >= 11 is 6.39. The highest BCUT2D eigenvalue weighted by molar-refractivity contribution is 6.24. The monoisotopic (exact) mass is 172 g/mol. The van der Waals surface area contributed by atoms with Crippen LogP contribution in [0.5, 0.6) is 0 Å². The Morgan fingerprint density at radius 1 is 1.09 bits per heavy atom. The molecule has 0 amide bonds. The molecule has 0 aromatic heterocycles. The van der Waals surface area contributed by atoms with Gasteiger partial charge in [0.1, 0.15) is 0 Å². The number of alkyl halides is 1. The lowest BCUT2D eigenvalue weighted by Crippen LogP contribution is -2.32. The molecule has 2 aliphatic carbocycles. The maximum absolute atomic E-state index is 6.39. The van der Waals surface area contributed by atoms with Crippen molar-refractivity contribution in [3.8, 4) is 0 Å². The van der Waals surface area contributed by atoms with Crippen LogP contribution in [0.3, 0.4) is 0 Å². The third-order valence-corrected chi connectivity index (χ3v) is 4.41. The van der Waals surface area contributed by atoms with Crippen molar-refractivity contribution in [2.75, 3.05) is 0 Å². The van der Waals surface area contributed by atoms with Gasteiger partial charge in [0.05, 0.1) is 0 Å². The van der Waals surface area contributed by atoms with E-state index in [1.807, 2.05) is 0 Å². The second-order valence-corrected chi connectivity index (χ2v) is 6.17. The van der Waals surface area contributed by atoms with Crippen molar-refractivity contribution < 1.29 is 0 Å². The summed E-state index contributed by atoms with van der Waals surface area (Å²) in [5, 5.41) is 0. The summed E-state index contributed by atoms with van der Waals surface area (Å²) in [6.07, 6.45) is 3.97. The molecule has 2 aliphatic rings. The number of hydrogen-bond donors (Lipinski definition) is 0. The van der Waals surface area contributed by atoms with Gasteiger partial charge < -0.3 is 0 Å². The number of hydrogen-bond acceptors (Lipinski definition) is 0. The van der Waals surface area contributed by atoms with Gasteiger partial charge in [-0.2, -0.15) is 0 Å². The van der Waals surface area contributed by atoms with Gasteiger partial charge in [-0.1, -0.05) is 13.8 Å². The van der Waals surface area contributed by atoms with E-state index in [1.54, 1.807) is 0 Å². The number of fused-ring (bicyclic) bond motifs is 2. The van der Waals surface area contributed by atoms with Gasteiger partial charge in [0.15, 0.2) is 0 Å². The Morgan fingerprint density at radius 2 is 1.73 bits per heavy atom. The Hall–Kier alpha value is 0.290. The van der Waals surface area contributed by atoms with Crippen LogP contribution in [-0.2, 0) is 0 Å². The van der Waals surface area contributed by atoms with E-state index in [0.29, 0.717) is 5.41 Å². The Bertz CT molecular complexity index is 161. The first kappa shape index (κ1) is 7.91. The molecule has 2 bridgehead atoms. The average molecular weight is 173 g/mol. The number of halogens is 1. The minimum absolute atomic E-state index is 0.139. The molecule has 0 aromatic carbocycles. The van der Waals surface area contributed by atoms with Crippen LogP contribution in [0.4, 0.5) is 0 Å². The van der Waals surface area contributed by atoms with Crippen LogP contribution < -0.4 is 0 Å². The minimum Gasteiger partial charge on any atom is -0.119 e. The Balaban J connectivity index is 2.21. The van der Waals surface area contributed by atoms with Crippen molar-refractivity contribution in [1.29, 1.82) is 0 Å². The summed E-state index contributed by atoms with van der Waals surface area (Å²) < 4.78 is 0. The van der Waals surface area contributed by atoms with Crippen LogP contribution in [0.25, 0.3) is 0 Å². The fraction of sp³-hybridized carbons (Fsp3) is 1.00. The summed E-state index contributed by atoms with van der Waals surface area (Å²) in [5.74, 6) is 1.69. The maximum Gasteiger partial charge on any atom is 0.0450 e. The Kier molecular flexibility index (Phi) is 1.41. The molecule has 3 atom stereocenters. The van der Waals surface area contributed by atoms with Gasteiger partial charge in [0.25, 0.3) is 0 Å². The molecule has 64 valence electrons.